The maximum atomic E-state index is 2.22. The number of benzene rings is 3. The second-order valence-corrected chi connectivity index (χ2v) is 6.06. The molecule has 0 radical (unpaired) electrons. The van der Waals surface area contributed by atoms with Crippen molar-refractivity contribution in [2.75, 3.05) is 0 Å². The third-order valence-electron chi connectivity index (χ3n) is 3.80. The highest BCUT2D eigenvalue weighted by molar-refractivity contribution is 7.19. The van der Waals surface area contributed by atoms with E-state index in [1.165, 1.54) is 16.7 Å². The quantitative estimate of drug-likeness (QED) is 0.204. The van der Waals surface area contributed by atoms with Gasteiger partial charge < -0.3 is 48.0 Å². The van der Waals surface area contributed by atoms with E-state index < -0.39 is 0 Å². The third kappa shape index (κ3) is 4.98. The minimum atomic E-state index is -0.0935. The molecule has 3 rings (SSSR count). The second-order valence-electron chi connectivity index (χ2n) is 5.00. The van der Waals surface area contributed by atoms with E-state index in [1.54, 1.807) is 0 Å². The molecular formula is C19H22I2P2. The highest BCUT2D eigenvalue weighted by Gasteiger charge is 2.35. The molecule has 0 nitrogen and oxygen atoms in total. The van der Waals surface area contributed by atoms with Crippen molar-refractivity contribution in [3.05, 3.63) is 108 Å². The molecule has 0 aliphatic carbocycles. The lowest BCUT2D eigenvalue weighted by Gasteiger charge is -2.26. The van der Waals surface area contributed by atoms with E-state index in [9.17, 15) is 0 Å². The standard InChI is InChI=1S/C19H17P.2HI.H3P/c20-19(16-10-4-1-5-11-16,17-12-6-2-7-13-17)18-14-8-3-9-15-18;;;/h1-15H,20H2;2*1H;1H3. The Hall–Kier alpha value is -0.0200. The molecule has 0 amide bonds. The Morgan fingerprint density at radius 1 is 0.478 bits per heavy atom. The van der Waals surface area contributed by atoms with E-state index in [1.807, 2.05) is 9.24 Å². The molecule has 2 atom stereocenters. The van der Waals surface area contributed by atoms with Crippen molar-refractivity contribution in [3.63, 3.8) is 0 Å². The van der Waals surface area contributed by atoms with E-state index in [0.29, 0.717) is 0 Å². The Morgan fingerprint density at radius 2 is 0.696 bits per heavy atom. The van der Waals surface area contributed by atoms with Crippen molar-refractivity contribution in [1.29, 1.82) is 0 Å². The summed E-state index contributed by atoms with van der Waals surface area (Å²) < 4.78 is 0. The van der Waals surface area contributed by atoms with Gasteiger partial charge in [-0.25, -0.2) is 0 Å². The van der Waals surface area contributed by atoms with E-state index in [0.717, 1.165) is 0 Å². The summed E-state index contributed by atoms with van der Waals surface area (Å²) in [5, 5.41) is -0.0935. The number of rotatable bonds is 3. The summed E-state index contributed by atoms with van der Waals surface area (Å²) in [5.74, 6) is 0. The predicted molar refractivity (Wildman–Crippen MR) is 103 cm³/mol. The zero-order valence-electron chi connectivity index (χ0n) is 13.1. The van der Waals surface area contributed by atoms with Gasteiger partial charge in [-0.05, 0) is 19.1 Å². The van der Waals surface area contributed by atoms with E-state index in [2.05, 4.69) is 91.0 Å². The fourth-order valence-electron chi connectivity index (χ4n) is 2.67. The summed E-state index contributed by atoms with van der Waals surface area (Å²) >= 11 is 0. The van der Waals surface area contributed by atoms with Crippen molar-refractivity contribution in [2.24, 2.45) is 0 Å². The summed E-state index contributed by atoms with van der Waals surface area (Å²) in [6.45, 7) is 0. The maximum absolute atomic E-state index is 2.22. The third-order valence-corrected chi connectivity index (χ3v) is 5.02. The normalized spacial score (nSPS) is 9.91. The molecule has 23 heavy (non-hydrogen) atoms. The van der Waals surface area contributed by atoms with Crippen LogP contribution in [-0.2, 0) is 5.16 Å². The van der Waals surface area contributed by atoms with Gasteiger partial charge in [-0.2, -0.15) is 0 Å². The zero-order valence-corrected chi connectivity index (χ0v) is 20.9. The van der Waals surface area contributed by atoms with Crippen LogP contribution in [0.1, 0.15) is 16.7 Å². The molecule has 0 N–H and O–H groups in total. The second kappa shape index (κ2) is 10.8. The number of hydrogen-bond donors (Lipinski definition) is 0. The minimum Gasteiger partial charge on any atom is -1.00 e. The van der Waals surface area contributed by atoms with Gasteiger partial charge in [-0.1, -0.05) is 91.0 Å². The summed E-state index contributed by atoms with van der Waals surface area (Å²) in [6, 6.07) is 32.2. The minimum absolute atomic E-state index is 0. The molecule has 3 aromatic rings. The molecule has 0 heterocycles. The molecular weight excluding hydrogens is 544 g/mol. The van der Waals surface area contributed by atoms with Crippen LogP contribution in [0, 0.1) is 0 Å². The zero-order chi connectivity index (χ0) is 13.8. The van der Waals surface area contributed by atoms with E-state index >= 15 is 0 Å². The van der Waals surface area contributed by atoms with Gasteiger partial charge in [0, 0.05) is 16.7 Å². The maximum Gasteiger partial charge on any atom is 0.147 e. The first-order valence-electron chi connectivity index (χ1n) is 6.84. The van der Waals surface area contributed by atoms with E-state index in [-0.39, 0.29) is 63.0 Å². The lowest BCUT2D eigenvalue weighted by molar-refractivity contribution is -0.00100. The van der Waals surface area contributed by atoms with Crippen LogP contribution >= 0.6 is 19.1 Å². The fraction of sp³-hybridized carbons (Fsp3) is 0.0526. The lowest BCUT2D eigenvalue weighted by Crippen LogP contribution is -3.00. The van der Waals surface area contributed by atoms with Crippen LogP contribution in [0.15, 0.2) is 91.0 Å². The monoisotopic (exact) mass is 566 g/mol. The van der Waals surface area contributed by atoms with Gasteiger partial charge >= 0.3 is 0 Å². The Bertz CT molecular complexity index is 577. The molecule has 2 unspecified atom stereocenters. The fourth-order valence-corrected chi connectivity index (χ4v) is 3.38. The molecule has 0 spiro atoms. The first-order valence-corrected chi connectivity index (χ1v) is 7.54. The Kier molecular flexibility index (Phi) is 10.8. The molecule has 0 saturated heterocycles. The van der Waals surface area contributed by atoms with Crippen LogP contribution in [0.4, 0.5) is 0 Å². The van der Waals surface area contributed by atoms with Gasteiger partial charge in [0.2, 0.25) is 0 Å². The van der Waals surface area contributed by atoms with Crippen LogP contribution in [0.2, 0.25) is 0 Å². The SMILES string of the molecule is [I-].[I-].[PH3+]C(c1ccccc1)(c1ccccc1)c1ccccc1.[PH4+]. The molecule has 0 bridgehead atoms. The summed E-state index contributed by atoms with van der Waals surface area (Å²) in [4.78, 5) is 0. The lowest BCUT2D eigenvalue weighted by atomic mass is 9.84. The molecule has 0 aliphatic heterocycles. The van der Waals surface area contributed by atoms with Gasteiger partial charge in [-0.15, -0.1) is 0 Å². The molecule has 0 saturated carbocycles. The predicted octanol–water partition coefficient (Wildman–Crippen LogP) is -1.62. The van der Waals surface area contributed by atoms with Crippen LogP contribution in [0.25, 0.3) is 0 Å². The molecule has 0 aliphatic rings. The van der Waals surface area contributed by atoms with Gasteiger partial charge in [0.15, 0.2) is 0 Å². The molecule has 122 valence electrons. The summed E-state index contributed by atoms with van der Waals surface area (Å²) in [7, 11) is 2.05. The average molecular weight is 566 g/mol. The molecule has 0 aromatic heterocycles. The van der Waals surface area contributed by atoms with Crippen molar-refractivity contribution in [3.8, 4) is 0 Å². The Morgan fingerprint density at radius 3 is 0.913 bits per heavy atom. The highest BCUT2D eigenvalue weighted by atomic mass is 127. The van der Waals surface area contributed by atoms with E-state index in [4.69, 9.17) is 0 Å². The smallest absolute Gasteiger partial charge is 0.147 e. The Labute approximate surface area is 178 Å². The molecule has 4 heteroatoms. The first-order chi connectivity index (χ1) is 9.82. The average Bonchev–Trinajstić information content (AvgIpc) is 2.56. The highest BCUT2D eigenvalue weighted by Crippen LogP contribution is 2.44. The van der Waals surface area contributed by atoms with Crippen molar-refractivity contribution >= 4 is 19.1 Å². The van der Waals surface area contributed by atoms with Crippen LogP contribution in [0.3, 0.4) is 0 Å². The Balaban J connectivity index is 0.00000161. The summed E-state index contributed by atoms with van der Waals surface area (Å²) in [6.07, 6.45) is 0. The topological polar surface area (TPSA) is 0 Å². The van der Waals surface area contributed by atoms with Crippen LogP contribution < -0.4 is 48.0 Å². The largest absolute Gasteiger partial charge is 1.00 e. The first kappa shape index (κ1) is 23.0. The van der Waals surface area contributed by atoms with Crippen molar-refractivity contribution in [1.82, 2.24) is 0 Å². The van der Waals surface area contributed by atoms with Gasteiger partial charge in [0.25, 0.3) is 0 Å². The molecule has 3 aromatic carbocycles. The van der Waals surface area contributed by atoms with Gasteiger partial charge in [-0.3, -0.25) is 0 Å². The number of hydrogen-bond acceptors (Lipinski definition) is 0. The van der Waals surface area contributed by atoms with Crippen LogP contribution in [-0.4, -0.2) is 0 Å². The van der Waals surface area contributed by atoms with Crippen molar-refractivity contribution < 1.29 is 48.0 Å². The van der Waals surface area contributed by atoms with Gasteiger partial charge in [0.05, 0.1) is 0 Å². The molecule has 0 fully saturated rings. The summed E-state index contributed by atoms with van der Waals surface area (Å²) in [5.41, 5.74) is 3.99. The van der Waals surface area contributed by atoms with Gasteiger partial charge in [0.1, 0.15) is 5.16 Å². The number of halogens is 2. The van der Waals surface area contributed by atoms with Crippen LogP contribution in [0.5, 0.6) is 0 Å². The van der Waals surface area contributed by atoms with Crippen molar-refractivity contribution in [2.45, 2.75) is 5.16 Å².